The SMILES string of the molecule is CCOC(CCN(C(=O)c1ccc2c(c1)CCCC2)c1ccccc1OCC(C)C)OCC. The summed E-state index contributed by atoms with van der Waals surface area (Å²) in [5, 5.41) is 0. The minimum atomic E-state index is -0.345. The second-order valence-electron chi connectivity index (χ2n) is 8.95. The summed E-state index contributed by atoms with van der Waals surface area (Å²) in [6.07, 6.45) is 4.79. The molecule has 1 amide bonds. The van der Waals surface area contributed by atoms with Gasteiger partial charge in [-0.05, 0) is 80.8 Å². The summed E-state index contributed by atoms with van der Waals surface area (Å²) in [4.78, 5) is 15.7. The van der Waals surface area contributed by atoms with Crippen LogP contribution in [-0.4, -0.2) is 38.6 Å². The van der Waals surface area contributed by atoms with Crippen LogP contribution < -0.4 is 9.64 Å². The van der Waals surface area contributed by atoms with Gasteiger partial charge < -0.3 is 19.1 Å². The molecule has 33 heavy (non-hydrogen) atoms. The summed E-state index contributed by atoms with van der Waals surface area (Å²) >= 11 is 0. The van der Waals surface area contributed by atoms with Crippen molar-refractivity contribution in [3.8, 4) is 5.75 Å². The molecule has 0 atom stereocenters. The van der Waals surface area contributed by atoms with Gasteiger partial charge in [0.05, 0.1) is 12.3 Å². The van der Waals surface area contributed by atoms with Gasteiger partial charge in [-0.3, -0.25) is 4.79 Å². The van der Waals surface area contributed by atoms with E-state index in [0.717, 1.165) is 29.8 Å². The van der Waals surface area contributed by atoms with Crippen LogP contribution in [0.3, 0.4) is 0 Å². The number of para-hydroxylation sites is 2. The molecule has 0 radical (unpaired) electrons. The highest BCUT2D eigenvalue weighted by atomic mass is 16.7. The molecule has 180 valence electrons. The van der Waals surface area contributed by atoms with Crippen molar-refractivity contribution >= 4 is 11.6 Å². The molecule has 0 N–H and O–H groups in total. The van der Waals surface area contributed by atoms with E-state index in [1.807, 2.05) is 49.1 Å². The summed E-state index contributed by atoms with van der Waals surface area (Å²) in [7, 11) is 0. The quantitative estimate of drug-likeness (QED) is 0.368. The Labute approximate surface area is 199 Å². The third-order valence-electron chi connectivity index (χ3n) is 5.86. The highest BCUT2D eigenvalue weighted by molar-refractivity contribution is 6.07. The van der Waals surface area contributed by atoms with Gasteiger partial charge >= 0.3 is 0 Å². The summed E-state index contributed by atoms with van der Waals surface area (Å²) in [5.74, 6) is 1.10. The first-order valence-corrected chi connectivity index (χ1v) is 12.4. The fraction of sp³-hybridized carbons (Fsp3) is 0.536. The maximum atomic E-state index is 13.8. The number of carbonyl (C=O) groups is 1. The van der Waals surface area contributed by atoms with Gasteiger partial charge in [0.1, 0.15) is 5.75 Å². The fourth-order valence-corrected chi connectivity index (χ4v) is 4.23. The molecule has 5 heteroatoms. The number of benzene rings is 2. The molecule has 2 aromatic rings. The van der Waals surface area contributed by atoms with Crippen LogP contribution in [-0.2, 0) is 22.3 Å². The molecule has 2 aromatic carbocycles. The Morgan fingerprint density at radius 1 is 0.970 bits per heavy atom. The van der Waals surface area contributed by atoms with E-state index < -0.39 is 0 Å². The standard InChI is InChI=1S/C28H39NO4/c1-5-31-27(32-6-2)17-18-29(25-13-9-10-14-26(25)33-20-21(3)4)28(30)24-16-15-22-11-7-8-12-23(22)19-24/h9-10,13-16,19,21,27H,5-8,11-12,17-18,20H2,1-4H3. The number of hydrogen-bond acceptors (Lipinski definition) is 4. The molecule has 0 aliphatic heterocycles. The van der Waals surface area contributed by atoms with Crippen LogP contribution in [0.1, 0.15) is 68.4 Å². The van der Waals surface area contributed by atoms with E-state index >= 15 is 0 Å². The molecule has 1 aliphatic carbocycles. The van der Waals surface area contributed by atoms with E-state index in [4.69, 9.17) is 14.2 Å². The van der Waals surface area contributed by atoms with Crippen molar-refractivity contribution in [1.29, 1.82) is 0 Å². The van der Waals surface area contributed by atoms with Crippen LogP contribution in [0.15, 0.2) is 42.5 Å². The number of carbonyl (C=O) groups excluding carboxylic acids is 1. The first kappa shape index (κ1) is 25.3. The summed E-state index contributed by atoms with van der Waals surface area (Å²) in [6.45, 7) is 10.4. The molecule has 1 aliphatic rings. The van der Waals surface area contributed by atoms with Crippen LogP contribution in [0.25, 0.3) is 0 Å². The third kappa shape index (κ3) is 7.05. The molecular weight excluding hydrogens is 414 g/mol. The van der Waals surface area contributed by atoms with Crippen molar-refractivity contribution in [2.75, 3.05) is 31.3 Å². The summed E-state index contributed by atoms with van der Waals surface area (Å²) in [5.41, 5.74) is 4.18. The predicted molar refractivity (Wildman–Crippen MR) is 133 cm³/mol. The highest BCUT2D eigenvalue weighted by Crippen LogP contribution is 2.31. The van der Waals surface area contributed by atoms with Crippen molar-refractivity contribution in [1.82, 2.24) is 0 Å². The summed E-state index contributed by atoms with van der Waals surface area (Å²) < 4.78 is 17.6. The van der Waals surface area contributed by atoms with E-state index in [1.54, 1.807) is 0 Å². The molecule has 0 spiro atoms. The van der Waals surface area contributed by atoms with E-state index in [0.29, 0.717) is 38.7 Å². The van der Waals surface area contributed by atoms with Gasteiger partial charge in [0.25, 0.3) is 5.91 Å². The lowest BCUT2D eigenvalue weighted by Crippen LogP contribution is -2.35. The Morgan fingerprint density at radius 3 is 2.36 bits per heavy atom. The number of aryl methyl sites for hydroxylation is 2. The average molecular weight is 454 g/mol. The maximum absolute atomic E-state index is 13.8. The van der Waals surface area contributed by atoms with Gasteiger partial charge in [0.15, 0.2) is 6.29 Å². The van der Waals surface area contributed by atoms with Crippen LogP contribution in [0.2, 0.25) is 0 Å². The monoisotopic (exact) mass is 453 g/mol. The largest absolute Gasteiger partial charge is 0.491 e. The van der Waals surface area contributed by atoms with Gasteiger partial charge in [-0.15, -0.1) is 0 Å². The Bertz CT molecular complexity index is 889. The Hall–Kier alpha value is -2.37. The molecule has 3 rings (SSSR count). The van der Waals surface area contributed by atoms with E-state index in [2.05, 4.69) is 26.0 Å². The minimum absolute atomic E-state index is 0.0179. The first-order valence-electron chi connectivity index (χ1n) is 12.4. The van der Waals surface area contributed by atoms with Gasteiger partial charge in [0, 0.05) is 31.7 Å². The Morgan fingerprint density at radius 2 is 1.67 bits per heavy atom. The Kier molecular flexibility index (Phi) is 9.76. The number of amides is 1. The highest BCUT2D eigenvalue weighted by Gasteiger charge is 2.24. The van der Waals surface area contributed by atoms with Crippen LogP contribution in [0.5, 0.6) is 5.75 Å². The van der Waals surface area contributed by atoms with Gasteiger partial charge in [-0.2, -0.15) is 0 Å². The molecular formula is C28H39NO4. The zero-order chi connectivity index (χ0) is 23.6. The van der Waals surface area contributed by atoms with Crippen LogP contribution in [0.4, 0.5) is 5.69 Å². The normalized spacial score (nSPS) is 13.3. The molecule has 0 unspecified atom stereocenters. The topological polar surface area (TPSA) is 48.0 Å². The lowest BCUT2D eigenvalue weighted by molar-refractivity contribution is -0.137. The molecule has 0 bridgehead atoms. The van der Waals surface area contributed by atoms with Gasteiger partial charge in [-0.1, -0.05) is 32.0 Å². The number of ether oxygens (including phenoxy) is 3. The zero-order valence-corrected chi connectivity index (χ0v) is 20.6. The molecule has 0 saturated heterocycles. The molecule has 0 fully saturated rings. The second kappa shape index (κ2) is 12.8. The Balaban J connectivity index is 1.91. The number of rotatable bonds is 12. The van der Waals surface area contributed by atoms with Crippen LogP contribution in [0, 0.1) is 5.92 Å². The molecule has 0 saturated carbocycles. The van der Waals surface area contributed by atoms with Crippen molar-refractivity contribution in [3.63, 3.8) is 0 Å². The number of fused-ring (bicyclic) bond motifs is 1. The molecule has 0 heterocycles. The maximum Gasteiger partial charge on any atom is 0.258 e. The fourth-order valence-electron chi connectivity index (χ4n) is 4.23. The summed E-state index contributed by atoms with van der Waals surface area (Å²) in [6, 6.07) is 14.0. The third-order valence-corrected chi connectivity index (χ3v) is 5.86. The van der Waals surface area contributed by atoms with E-state index in [9.17, 15) is 4.79 Å². The van der Waals surface area contributed by atoms with Crippen molar-refractivity contribution in [3.05, 3.63) is 59.2 Å². The lowest BCUT2D eigenvalue weighted by Gasteiger charge is -2.28. The van der Waals surface area contributed by atoms with Crippen molar-refractivity contribution in [2.24, 2.45) is 5.92 Å². The smallest absolute Gasteiger partial charge is 0.258 e. The zero-order valence-electron chi connectivity index (χ0n) is 20.6. The average Bonchev–Trinajstić information content (AvgIpc) is 2.83. The van der Waals surface area contributed by atoms with E-state index in [1.165, 1.54) is 24.0 Å². The number of hydrogen-bond donors (Lipinski definition) is 0. The number of nitrogens with zero attached hydrogens (tertiary/aromatic N) is 1. The minimum Gasteiger partial charge on any atom is -0.491 e. The lowest BCUT2D eigenvalue weighted by atomic mass is 9.90. The molecule has 0 aromatic heterocycles. The van der Waals surface area contributed by atoms with Crippen LogP contribution >= 0.6 is 0 Å². The first-order chi connectivity index (χ1) is 16.0. The number of anilines is 1. The van der Waals surface area contributed by atoms with Crippen molar-refractivity contribution in [2.45, 2.75) is 66.1 Å². The molecule has 5 nitrogen and oxygen atoms in total. The van der Waals surface area contributed by atoms with Crippen molar-refractivity contribution < 1.29 is 19.0 Å². The second-order valence-corrected chi connectivity index (χ2v) is 8.95. The van der Waals surface area contributed by atoms with Gasteiger partial charge in [-0.25, -0.2) is 0 Å². The van der Waals surface area contributed by atoms with E-state index in [-0.39, 0.29) is 12.2 Å². The predicted octanol–water partition coefficient (Wildman–Crippen LogP) is 6.04. The van der Waals surface area contributed by atoms with Gasteiger partial charge in [0.2, 0.25) is 0 Å².